The van der Waals surface area contributed by atoms with Gasteiger partial charge in [0.15, 0.2) is 11.5 Å². The Labute approximate surface area is 163 Å². The third kappa shape index (κ3) is 3.85. The van der Waals surface area contributed by atoms with Gasteiger partial charge in [0.2, 0.25) is 5.91 Å². The molecule has 0 spiro atoms. The Kier molecular flexibility index (Phi) is 5.10. The predicted octanol–water partition coefficient (Wildman–Crippen LogP) is 4.16. The highest BCUT2D eigenvalue weighted by molar-refractivity contribution is 7.20. The summed E-state index contributed by atoms with van der Waals surface area (Å²) in [6, 6.07) is 7.65. The van der Waals surface area contributed by atoms with Crippen molar-refractivity contribution in [2.24, 2.45) is 0 Å². The van der Waals surface area contributed by atoms with Gasteiger partial charge in [0.1, 0.15) is 18.2 Å². The molecule has 1 aromatic carbocycles. The van der Waals surface area contributed by atoms with Crippen molar-refractivity contribution < 1.29 is 14.3 Å². The molecule has 1 aliphatic rings. The van der Waals surface area contributed by atoms with Crippen molar-refractivity contribution in [3.63, 3.8) is 0 Å². The van der Waals surface area contributed by atoms with Crippen LogP contribution in [0.3, 0.4) is 0 Å². The van der Waals surface area contributed by atoms with Crippen molar-refractivity contribution in [3.05, 3.63) is 51.3 Å². The van der Waals surface area contributed by atoms with E-state index in [2.05, 4.69) is 10.3 Å². The Morgan fingerprint density at radius 2 is 2.15 bits per heavy atom. The highest BCUT2D eigenvalue weighted by Gasteiger charge is 2.17. The molecule has 3 aromatic rings. The highest BCUT2D eigenvalue weighted by Crippen LogP contribution is 2.38. The number of benzene rings is 1. The summed E-state index contributed by atoms with van der Waals surface area (Å²) in [6.45, 7) is 1.36. The van der Waals surface area contributed by atoms with Gasteiger partial charge in [-0.05, 0) is 29.1 Å². The molecule has 26 heavy (non-hydrogen) atoms. The lowest BCUT2D eigenvalue weighted by Crippen LogP contribution is -2.25. The number of fused-ring (bicyclic) bond motifs is 1. The second-order valence-corrected chi connectivity index (χ2v) is 7.89. The van der Waals surface area contributed by atoms with E-state index < -0.39 is 0 Å². The van der Waals surface area contributed by atoms with Crippen LogP contribution in [0.1, 0.15) is 11.3 Å². The standard InChI is InChI=1S/C18H15ClN2O3S2/c19-13-6-11(7-14-17(13)24-4-3-23-14)9-20-16(22)8-12-10-26-18(21-12)15-2-1-5-25-15/h1-2,5-7,10H,3-4,8-9H2,(H,20,22). The summed E-state index contributed by atoms with van der Waals surface area (Å²) in [6.07, 6.45) is 0.250. The summed E-state index contributed by atoms with van der Waals surface area (Å²) >= 11 is 9.41. The molecule has 0 aliphatic carbocycles. The van der Waals surface area contributed by atoms with Gasteiger partial charge >= 0.3 is 0 Å². The van der Waals surface area contributed by atoms with Crippen LogP contribution in [0.4, 0.5) is 0 Å². The molecule has 5 nitrogen and oxygen atoms in total. The zero-order chi connectivity index (χ0) is 17.9. The number of rotatable bonds is 5. The first kappa shape index (κ1) is 17.3. The lowest BCUT2D eigenvalue weighted by molar-refractivity contribution is -0.120. The Hall–Kier alpha value is -2.09. The number of thiophene rings is 1. The molecule has 0 atom stereocenters. The number of aromatic nitrogens is 1. The van der Waals surface area contributed by atoms with Gasteiger partial charge in [-0.2, -0.15) is 0 Å². The molecule has 0 saturated carbocycles. The zero-order valence-electron chi connectivity index (χ0n) is 13.7. The molecular weight excluding hydrogens is 392 g/mol. The SMILES string of the molecule is O=C(Cc1csc(-c2cccs2)n1)NCc1cc(Cl)c2c(c1)OCCO2. The first-order chi connectivity index (χ1) is 12.7. The van der Waals surface area contributed by atoms with Crippen LogP contribution in [0.15, 0.2) is 35.0 Å². The number of halogens is 1. The van der Waals surface area contributed by atoms with E-state index in [4.69, 9.17) is 21.1 Å². The number of nitrogens with one attached hydrogen (secondary N) is 1. The van der Waals surface area contributed by atoms with Gasteiger partial charge in [-0.1, -0.05) is 17.7 Å². The molecule has 2 aromatic heterocycles. The van der Waals surface area contributed by atoms with E-state index in [0.29, 0.717) is 36.3 Å². The fraction of sp³-hybridized carbons (Fsp3) is 0.222. The molecule has 1 amide bonds. The van der Waals surface area contributed by atoms with E-state index in [1.54, 1.807) is 28.7 Å². The fourth-order valence-corrected chi connectivity index (χ4v) is 4.52. The van der Waals surface area contributed by atoms with Crippen molar-refractivity contribution in [3.8, 4) is 21.4 Å². The molecule has 134 valence electrons. The first-order valence-electron chi connectivity index (χ1n) is 8.02. The van der Waals surface area contributed by atoms with Crippen LogP contribution in [0, 0.1) is 0 Å². The van der Waals surface area contributed by atoms with Crippen molar-refractivity contribution in [1.29, 1.82) is 0 Å². The highest BCUT2D eigenvalue weighted by atomic mass is 35.5. The summed E-state index contributed by atoms with van der Waals surface area (Å²) < 4.78 is 11.1. The Morgan fingerprint density at radius 1 is 1.27 bits per heavy atom. The monoisotopic (exact) mass is 406 g/mol. The number of thiazole rings is 1. The van der Waals surface area contributed by atoms with Gasteiger partial charge in [0.05, 0.1) is 22.0 Å². The van der Waals surface area contributed by atoms with Gasteiger partial charge in [0, 0.05) is 11.9 Å². The summed E-state index contributed by atoms with van der Waals surface area (Å²) in [5, 5.41) is 8.28. The van der Waals surface area contributed by atoms with E-state index in [9.17, 15) is 4.79 Å². The maximum atomic E-state index is 12.2. The maximum Gasteiger partial charge on any atom is 0.226 e. The lowest BCUT2D eigenvalue weighted by Gasteiger charge is -2.20. The third-order valence-corrected chi connectivity index (χ3v) is 5.98. The third-order valence-electron chi connectivity index (χ3n) is 3.77. The molecule has 0 unspecified atom stereocenters. The van der Waals surface area contributed by atoms with E-state index in [1.165, 1.54) is 0 Å². The molecule has 0 bridgehead atoms. The molecule has 3 heterocycles. The van der Waals surface area contributed by atoms with Crippen LogP contribution >= 0.6 is 34.3 Å². The largest absolute Gasteiger partial charge is 0.486 e. The van der Waals surface area contributed by atoms with Crippen molar-refractivity contribution in [1.82, 2.24) is 10.3 Å². The molecule has 1 aliphatic heterocycles. The molecule has 4 rings (SSSR count). The molecule has 0 fully saturated rings. The molecule has 8 heteroatoms. The minimum atomic E-state index is -0.0842. The van der Waals surface area contributed by atoms with Crippen molar-refractivity contribution in [2.75, 3.05) is 13.2 Å². The van der Waals surface area contributed by atoms with Crippen LogP contribution in [0.2, 0.25) is 5.02 Å². The van der Waals surface area contributed by atoms with Crippen LogP contribution in [0.5, 0.6) is 11.5 Å². The smallest absolute Gasteiger partial charge is 0.226 e. The van der Waals surface area contributed by atoms with Crippen molar-refractivity contribution in [2.45, 2.75) is 13.0 Å². The Balaban J connectivity index is 1.36. The van der Waals surface area contributed by atoms with Gasteiger partial charge in [-0.3, -0.25) is 4.79 Å². The maximum absolute atomic E-state index is 12.2. The van der Waals surface area contributed by atoms with E-state index >= 15 is 0 Å². The molecule has 0 saturated heterocycles. The Bertz CT molecular complexity index is 925. The first-order valence-corrected chi connectivity index (χ1v) is 10.2. The Morgan fingerprint density at radius 3 is 3.00 bits per heavy atom. The van der Waals surface area contributed by atoms with Crippen LogP contribution in [-0.4, -0.2) is 24.1 Å². The number of ether oxygens (including phenoxy) is 2. The quantitative estimate of drug-likeness (QED) is 0.691. The second-order valence-electron chi connectivity index (χ2n) is 5.68. The minimum Gasteiger partial charge on any atom is -0.486 e. The second kappa shape index (κ2) is 7.65. The number of nitrogens with zero attached hydrogens (tertiary/aromatic N) is 1. The summed E-state index contributed by atoms with van der Waals surface area (Å²) in [5.41, 5.74) is 1.64. The number of carbonyl (C=O) groups is 1. The molecule has 0 radical (unpaired) electrons. The zero-order valence-corrected chi connectivity index (χ0v) is 16.0. The molecule has 1 N–H and O–H groups in total. The lowest BCUT2D eigenvalue weighted by atomic mass is 10.2. The number of hydrogen-bond donors (Lipinski definition) is 1. The number of amides is 1. The summed E-state index contributed by atoms with van der Waals surface area (Å²) in [4.78, 5) is 17.9. The van der Waals surface area contributed by atoms with Crippen LogP contribution in [0.25, 0.3) is 9.88 Å². The number of carbonyl (C=O) groups excluding carboxylic acids is 1. The minimum absolute atomic E-state index is 0.0842. The van der Waals surface area contributed by atoms with Crippen LogP contribution < -0.4 is 14.8 Å². The number of hydrogen-bond acceptors (Lipinski definition) is 6. The normalized spacial score (nSPS) is 12.8. The van der Waals surface area contributed by atoms with Crippen LogP contribution in [-0.2, 0) is 17.8 Å². The fourth-order valence-electron chi connectivity index (χ4n) is 2.60. The molecular formula is C18H15ClN2O3S2. The topological polar surface area (TPSA) is 60.5 Å². The average Bonchev–Trinajstić information content (AvgIpc) is 3.31. The van der Waals surface area contributed by atoms with E-state index in [-0.39, 0.29) is 12.3 Å². The van der Waals surface area contributed by atoms with E-state index in [1.807, 2.05) is 29.0 Å². The van der Waals surface area contributed by atoms with Gasteiger partial charge in [-0.25, -0.2) is 4.98 Å². The predicted molar refractivity (Wildman–Crippen MR) is 103 cm³/mol. The summed E-state index contributed by atoms with van der Waals surface area (Å²) in [5.74, 6) is 1.10. The van der Waals surface area contributed by atoms with Crippen molar-refractivity contribution >= 4 is 40.2 Å². The van der Waals surface area contributed by atoms with Gasteiger partial charge < -0.3 is 14.8 Å². The van der Waals surface area contributed by atoms with Gasteiger partial charge in [-0.15, -0.1) is 22.7 Å². The average molecular weight is 407 g/mol. The van der Waals surface area contributed by atoms with Gasteiger partial charge in [0.25, 0.3) is 0 Å². The summed E-state index contributed by atoms with van der Waals surface area (Å²) in [7, 11) is 0. The van der Waals surface area contributed by atoms with E-state index in [0.717, 1.165) is 21.1 Å².